The largest absolute Gasteiger partial charge is 0.336 e. The fraction of sp³-hybridized carbons (Fsp3) is 0. The molecule has 1 amide bonds. The number of hydrogen-bond acceptors (Lipinski definition) is 4. The van der Waals surface area contributed by atoms with Crippen molar-refractivity contribution >= 4 is 23.2 Å². The Morgan fingerprint density at radius 3 is 2.24 bits per heavy atom. The van der Waals surface area contributed by atoms with Crippen molar-refractivity contribution in [3.63, 3.8) is 0 Å². The first-order chi connectivity index (χ1) is 12.0. The number of nitrogens with zero attached hydrogens (tertiary/aromatic N) is 2. The zero-order valence-corrected chi connectivity index (χ0v) is 12.6. The molecule has 0 radical (unpaired) electrons. The molecule has 2 N–H and O–H groups in total. The summed E-state index contributed by atoms with van der Waals surface area (Å²) in [6, 6.07) is 11.4. The Labute approximate surface area is 140 Å². The lowest BCUT2D eigenvalue weighted by molar-refractivity contribution is 0.102. The van der Waals surface area contributed by atoms with E-state index in [9.17, 15) is 18.0 Å². The van der Waals surface area contributed by atoms with Crippen LogP contribution >= 0.6 is 0 Å². The predicted molar refractivity (Wildman–Crippen MR) is 86.0 cm³/mol. The first kappa shape index (κ1) is 16.4. The Hall–Kier alpha value is -3.42. The fourth-order valence-electron chi connectivity index (χ4n) is 2.02. The average molecular weight is 344 g/mol. The second-order valence-electron chi connectivity index (χ2n) is 4.99. The topological polar surface area (TPSA) is 66.9 Å². The van der Waals surface area contributed by atoms with Crippen LogP contribution in [-0.4, -0.2) is 16.1 Å². The van der Waals surface area contributed by atoms with Crippen LogP contribution in [0.25, 0.3) is 0 Å². The highest BCUT2D eigenvalue weighted by Gasteiger charge is 2.12. The molecule has 3 aromatic rings. The monoisotopic (exact) mass is 344 g/mol. The van der Waals surface area contributed by atoms with Crippen LogP contribution in [-0.2, 0) is 0 Å². The summed E-state index contributed by atoms with van der Waals surface area (Å²) in [5.74, 6) is -2.51. The molecular weight excluding hydrogens is 333 g/mol. The number of amides is 1. The van der Waals surface area contributed by atoms with Crippen molar-refractivity contribution in [1.82, 2.24) is 10.2 Å². The van der Waals surface area contributed by atoms with E-state index in [-0.39, 0.29) is 22.9 Å². The second kappa shape index (κ2) is 7.00. The zero-order chi connectivity index (χ0) is 17.8. The van der Waals surface area contributed by atoms with Gasteiger partial charge in [0.1, 0.15) is 17.5 Å². The highest BCUT2D eigenvalue weighted by atomic mass is 19.1. The molecule has 126 valence electrons. The number of halogens is 3. The molecule has 0 aliphatic carbocycles. The minimum absolute atomic E-state index is 0.0267. The maximum absolute atomic E-state index is 13.6. The molecule has 0 aliphatic heterocycles. The number of rotatable bonds is 4. The molecule has 3 rings (SSSR count). The molecule has 0 atom stereocenters. The van der Waals surface area contributed by atoms with Gasteiger partial charge < -0.3 is 10.6 Å². The fourth-order valence-corrected chi connectivity index (χ4v) is 2.02. The van der Waals surface area contributed by atoms with Crippen LogP contribution in [0.15, 0.2) is 54.6 Å². The van der Waals surface area contributed by atoms with Gasteiger partial charge in [0.25, 0.3) is 5.91 Å². The van der Waals surface area contributed by atoms with Crippen LogP contribution in [0.4, 0.5) is 30.5 Å². The van der Waals surface area contributed by atoms with Crippen molar-refractivity contribution in [2.75, 3.05) is 10.6 Å². The van der Waals surface area contributed by atoms with Gasteiger partial charge in [-0.2, -0.15) is 0 Å². The van der Waals surface area contributed by atoms with Gasteiger partial charge in [-0.15, -0.1) is 10.2 Å². The molecule has 25 heavy (non-hydrogen) atoms. The van der Waals surface area contributed by atoms with Crippen molar-refractivity contribution in [2.24, 2.45) is 0 Å². The van der Waals surface area contributed by atoms with Crippen molar-refractivity contribution < 1.29 is 18.0 Å². The molecule has 1 aromatic heterocycles. The number of aromatic nitrogens is 2. The first-order valence-corrected chi connectivity index (χ1v) is 7.14. The third-order valence-corrected chi connectivity index (χ3v) is 3.22. The van der Waals surface area contributed by atoms with Gasteiger partial charge in [-0.05, 0) is 36.4 Å². The molecule has 0 fully saturated rings. The Morgan fingerprint density at radius 2 is 1.56 bits per heavy atom. The van der Waals surface area contributed by atoms with Gasteiger partial charge in [-0.1, -0.05) is 12.1 Å². The molecule has 8 heteroatoms. The van der Waals surface area contributed by atoms with E-state index in [1.54, 1.807) is 0 Å². The standard InChI is InChI=1S/C17H11F3N4O/c18-10-5-6-14(13(20)9-10)21-15-7-8-16(24-23-15)22-17(25)11-3-1-2-4-12(11)19/h1-9H,(H,21,23)(H,22,24,25). The van der Waals surface area contributed by atoms with Crippen molar-refractivity contribution in [3.8, 4) is 0 Å². The quantitative estimate of drug-likeness (QED) is 0.753. The number of nitrogens with one attached hydrogen (secondary N) is 2. The lowest BCUT2D eigenvalue weighted by Gasteiger charge is -2.08. The summed E-state index contributed by atoms with van der Waals surface area (Å²) in [5.41, 5.74) is -0.0984. The third kappa shape index (κ3) is 3.92. The smallest absolute Gasteiger partial charge is 0.259 e. The van der Waals surface area contributed by atoms with Crippen LogP contribution in [0.1, 0.15) is 10.4 Å². The Morgan fingerprint density at radius 1 is 0.840 bits per heavy atom. The van der Waals surface area contributed by atoms with Crippen molar-refractivity contribution in [1.29, 1.82) is 0 Å². The van der Waals surface area contributed by atoms with E-state index in [0.29, 0.717) is 0 Å². The summed E-state index contributed by atoms with van der Waals surface area (Å²) in [6.45, 7) is 0. The van der Waals surface area contributed by atoms with Gasteiger partial charge in [0.05, 0.1) is 11.3 Å². The lowest BCUT2D eigenvalue weighted by atomic mass is 10.2. The molecule has 1 heterocycles. The summed E-state index contributed by atoms with van der Waals surface area (Å²) in [5, 5.41) is 12.6. The summed E-state index contributed by atoms with van der Waals surface area (Å²) < 4.78 is 40.0. The number of carbonyl (C=O) groups excluding carboxylic acids is 1. The van der Waals surface area contributed by atoms with E-state index < -0.39 is 23.4 Å². The molecule has 0 saturated carbocycles. The van der Waals surface area contributed by atoms with Crippen LogP contribution < -0.4 is 10.6 Å². The molecule has 5 nitrogen and oxygen atoms in total. The maximum Gasteiger partial charge on any atom is 0.259 e. The zero-order valence-electron chi connectivity index (χ0n) is 12.6. The molecule has 0 aliphatic rings. The molecule has 0 unspecified atom stereocenters. The number of anilines is 3. The summed E-state index contributed by atoms with van der Waals surface area (Å²) in [7, 11) is 0. The number of hydrogen-bond donors (Lipinski definition) is 2. The van der Waals surface area contributed by atoms with Crippen LogP contribution in [0.5, 0.6) is 0 Å². The van der Waals surface area contributed by atoms with E-state index >= 15 is 0 Å². The van der Waals surface area contributed by atoms with Gasteiger partial charge in [0, 0.05) is 6.07 Å². The van der Waals surface area contributed by atoms with E-state index in [1.165, 1.54) is 42.5 Å². The third-order valence-electron chi connectivity index (χ3n) is 3.22. The van der Waals surface area contributed by atoms with Gasteiger partial charge in [0.2, 0.25) is 0 Å². The predicted octanol–water partition coefficient (Wildman–Crippen LogP) is 3.89. The minimum atomic E-state index is -0.779. The van der Waals surface area contributed by atoms with E-state index in [1.807, 2.05) is 0 Å². The van der Waals surface area contributed by atoms with Gasteiger partial charge in [-0.25, -0.2) is 13.2 Å². The lowest BCUT2D eigenvalue weighted by Crippen LogP contribution is -2.15. The Balaban J connectivity index is 1.70. The normalized spacial score (nSPS) is 10.4. The summed E-state index contributed by atoms with van der Waals surface area (Å²) >= 11 is 0. The molecule has 0 bridgehead atoms. The van der Waals surface area contributed by atoms with E-state index in [0.717, 1.165) is 12.1 Å². The summed E-state index contributed by atoms with van der Waals surface area (Å²) in [4.78, 5) is 12.0. The molecular formula is C17H11F3N4O. The van der Waals surface area contributed by atoms with E-state index in [2.05, 4.69) is 20.8 Å². The van der Waals surface area contributed by atoms with Crippen molar-refractivity contribution in [2.45, 2.75) is 0 Å². The Bertz CT molecular complexity index is 916. The minimum Gasteiger partial charge on any atom is -0.336 e. The van der Waals surface area contributed by atoms with Gasteiger partial charge in [-0.3, -0.25) is 4.79 Å². The van der Waals surface area contributed by atoms with Gasteiger partial charge >= 0.3 is 0 Å². The first-order valence-electron chi connectivity index (χ1n) is 7.14. The number of carbonyl (C=O) groups is 1. The second-order valence-corrected chi connectivity index (χ2v) is 4.99. The van der Waals surface area contributed by atoms with Crippen molar-refractivity contribution in [3.05, 3.63) is 77.6 Å². The van der Waals surface area contributed by atoms with Crippen LogP contribution in [0.2, 0.25) is 0 Å². The molecule has 0 spiro atoms. The molecule has 0 saturated heterocycles. The van der Waals surface area contributed by atoms with Crippen LogP contribution in [0.3, 0.4) is 0 Å². The maximum atomic E-state index is 13.6. The number of benzene rings is 2. The highest BCUT2D eigenvalue weighted by molar-refractivity contribution is 6.03. The van der Waals surface area contributed by atoms with Gasteiger partial charge in [0.15, 0.2) is 11.6 Å². The van der Waals surface area contributed by atoms with Crippen LogP contribution in [0, 0.1) is 17.5 Å². The Kier molecular flexibility index (Phi) is 4.60. The average Bonchev–Trinajstić information content (AvgIpc) is 2.59. The molecule has 2 aromatic carbocycles. The SMILES string of the molecule is O=C(Nc1ccc(Nc2ccc(F)cc2F)nn1)c1ccccc1F. The summed E-state index contributed by atoms with van der Waals surface area (Å²) in [6.07, 6.45) is 0. The highest BCUT2D eigenvalue weighted by Crippen LogP contribution is 2.19. The van der Waals surface area contributed by atoms with E-state index in [4.69, 9.17) is 0 Å².